The normalized spacial score (nSPS) is 10.7. The van der Waals surface area contributed by atoms with Gasteiger partial charge in [0, 0.05) is 28.2 Å². The Morgan fingerprint density at radius 2 is 1.77 bits per heavy atom. The number of H-pyrrole nitrogens is 1. The lowest BCUT2D eigenvalue weighted by atomic mass is 10.1. The quantitative estimate of drug-likeness (QED) is 0.595. The topological polar surface area (TPSA) is 65.6 Å². The molecule has 0 bridgehead atoms. The number of hydrogen-bond donors (Lipinski definition) is 1. The van der Waals surface area contributed by atoms with Crippen molar-refractivity contribution in [2.24, 2.45) is 0 Å². The van der Waals surface area contributed by atoms with Crippen molar-refractivity contribution in [2.75, 3.05) is 0 Å². The highest BCUT2D eigenvalue weighted by Gasteiger charge is 2.18. The average molecular weight is 285 g/mol. The van der Waals surface area contributed by atoms with Gasteiger partial charge in [-0.1, -0.05) is 36.4 Å². The van der Waals surface area contributed by atoms with E-state index in [0.717, 1.165) is 22.0 Å². The molecule has 2 aromatic carbocycles. The molecule has 2 heterocycles. The molecule has 0 saturated heterocycles. The van der Waals surface area contributed by atoms with Crippen molar-refractivity contribution in [1.82, 2.24) is 9.97 Å². The number of fused-ring (bicyclic) bond motifs is 1. The van der Waals surface area contributed by atoms with Gasteiger partial charge in [-0.3, -0.25) is 0 Å². The number of aromatic amines is 1. The first-order valence-electron chi connectivity index (χ1n) is 6.89. The van der Waals surface area contributed by atoms with Crippen molar-refractivity contribution in [2.45, 2.75) is 0 Å². The van der Waals surface area contributed by atoms with Gasteiger partial charge in [-0.25, -0.2) is 0 Å². The van der Waals surface area contributed by atoms with Gasteiger partial charge in [-0.05, 0) is 18.2 Å². The van der Waals surface area contributed by atoms with Gasteiger partial charge < -0.3 is 9.40 Å². The van der Waals surface area contributed by atoms with Crippen molar-refractivity contribution in [3.8, 4) is 28.8 Å². The molecule has 1 N–H and O–H groups in total. The predicted octanol–water partition coefficient (Wildman–Crippen LogP) is 4.36. The minimum atomic E-state index is 0.295. The summed E-state index contributed by atoms with van der Waals surface area (Å²) in [5, 5.41) is 10.4. The fourth-order valence-electron chi connectivity index (χ4n) is 2.54. The van der Waals surface area contributed by atoms with E-state index in [1.54, 1.807) is 0 Å². The number of para-hydroxylation sites is 1. The van der Waals surface area contributed by atoms with Crippen LogP contribution >= 0.6 is 0 Å². The molecule has 4 rings (SSSR count). The van der Waals surface area contributed by atoms with Crippen LogP contribution < -0.4 is 0 Å². The molecule has 4 heteroatoms. The standard InChI is InChI=1S/C18H11N3O/c19-10-16-17(14-11-20-15-9-5-4-8-13(14)15)22-18(21-16)12-6-2-1-3-7-12/h1-9,11,20H. The summed E-state index contributed by atoms with van der Waals surface area (Å²) in [5.74, 6) is 0.955. The Bertz CT molecular complexity index is 990. The Kier molecular flexibility index (Phi) is 2.77. The van der Waals surface area contributed by atoms with Crippen LogP contribution in [0.5, 0.6) is 0 Å². The van der Waals surface area contributed by atoms with Crippen molar-refractivity contribution in [3.05, 3.63) is 66.5 Å². The second-order valence-corrected chi connectivity index (χ2v) is 4.92. The summed E-state index contributed by atoms with van der Waals surface area (Å²) in [4.78, 5) is 7.51. The molecule has 4 aromatic rings. The first kappa shape index (κ1) is 12.4. The Balaban J connectivity index is 1.92. The lowest BCUT2D eigenvalue weighted by Gasteiger charge is -1.95. The first-order valence-corrected chi connectivity index (χ1v) is 6.89. The molecule has 0 unspecified atom stereocenters. The van der Waals surface area contributed by atoms with Gasteiger partial charge >= 0.3 is 0 Å². The van der Waals surface area contributed by atoms with E-state index in [1.807, 2.05) is 60.8 Å². The Morgan fingerprint density at radius 3 is 2.59 bits per heavy atom. The largest absolute Gasteiger partial charge is 0.435 e. The zero-order chi connectivity index (χ0) is 14.9. The molecule has 0 aliphatic carbocycles. The summed E-state index contributed by atoms with van der Waals surface area (Å²) < 4.78 is 5.89. The van der Waals surface area contributed by atoms with E-state index in [0.29, 0.717) is 17.3 Å². The van der Waals surface area contributed by atoms with Crippen molar-refractivity contribution in [3.63, 3.8) is 0 Å². The molecule has 2 aromatic heterocycles. The third kappa shape index (κ3) is 1.88. The van der Waals surface area contributed by atoms with E-state index >= 15 is 0 Å². The molecule has 0 spiro atoms. The second-order valence-electron chi connectivity index (χ2n) is 4.92. The molecule has 0 radical (unpaired) electrons. The number of rotatable bonds is 2. The number of oxazole rings is 1. The molecule has 0 aliphatic rings. The monoisotopic (exact) mass is 285 g/mol. The van der Waals surface area contributed by atoms with Gasteiger partial charge in [0.25, 0.3) is 0 Å². The van der Waals surface area contributed by atoms with Crippen molar-refractivity contribution in [1.29, 1.82) is 5.26 Å². The lowest BCUT2D eigenvalue weighted by Crippen LogP contribution is -1.79. The van der Waals surface area contributed by atoms with E-state index in [4.69, 9.17) is 4.42 Å². The summed E-state index contributed by atoms with van der Waals surface area (Å²) in [7, 11) is 0. The van der Waals surface area contributed by atoms with Crippen LogP contribution in [0, 0.1) is 11.3 Å². The predicted molar refractivity (Wildman–Crippen MR) is 83.9 cm³/mol. The lowest BCUT2D eigenvalue weighted by molar-refractivity contribution is 0.589. The minimum absolute atomic E-state index is 0.295. The van der Waals surface area contributed by atoms with Gasteiger partial charge in [0.1, 0.15) is 6.07 Å². The smallest absolute Gasteiger partial charge is 0.228 e. The summed E-state index contributed by atoms with van der Waals surface area (Å²) in [5.41, 5.74) is 2.99. The Labute approximate surface area is 126 Å². The zero-order valence-electron chi connectivity index (χ0n) is 11.6. The van der Waals surface area contributed by atoms with Crippen LogP contribution in [0.25, 0.3) is 33.7 Å². The molecule has 0 aliphatic heterocycles. The van der Waals surface area contributed by atoms with Gasteiger partial charge in [0.15, 0.2) is 11.5 Å². The number of nitrogens with zero attached hydrogens (tertiary/aromatic N) is 2. The molecule has 0 amide bonds. The second kappa shape index (κ2) is 4.90. The molecule has 0 saturated carbocycles. The number of hydrogen-bond acceptors (Lipinski definition) is 3. The summed E-state index contributed by atoms with van der Waals surface area (Å²) in [6.45, 7) is 0. The van der Waals surface area contributed by atoms with E-state index in [9.17, 15) is 5.26 Å². The van der Waals surface area contributed by atoms with E-state index in [-0.39, 0.29) is 0 Å². The minimum Gasteiger partial charge on any atom is -0.435 e. The molecule has 4 nitrogen and oxygen atoms in total. The van der Waals surface area contributed by atoms with Gasteiger partial charge in [-0.15, -0.1) is 0 Å². The maximum absolute atomic E-state index is 9.37. The molecular formula is C18H11N3O. The zero-order valence-corrected chi connectivity index (χ0v) is 11.6. The number of nitrogens with one attached hydrogen (secondary N) is 1. The third-order valence-electron chi connectivity index (χ3n) is 3.59. The van der Waals surface area contributed by atoms with Crippen LogP contribution in [0.1, 0.15) is 5.69 Å². The van der Waals surface area contributed by atoms with Gasteiger partial charge in [-0.2, -0.15) is 10.2 Å². The van der Waals surface area contributed by atoms with Crippen LogP contribution in [0.2, 0.25) is 0 Å². The molecule has 22 heavy (non-hydrogen) atoms. The Morgan fingerprint density at radius 1 is 1.00 bits per heavy atom. The fraction of sp³-hybridized carbons (Fsp3) is 0. The van der Waals surface area contributed by atoms with Crippen LogP contribution in [0.15, 0.2) is 65.2 Å². The van der Waals surface area contributed by atoms with Crippen LogP contribution in [-0.4, -0.2) is 9.97 Å². The number of aromatic nitrogens is 2. The molecule has 104 valence electrons. The highest BCUT2D eigenvalue weighted by molar-refractivity contribution is 5.95. The Hall–Kier alpha value is -3.32. The van der Waals surface area contributed by atoms with Gasteiger partial charge in [0.2, 0.25) is 5.89 Å². The summed E-state index contributed by atoms with van der Waals surface area (Å²) in [6, 6.07) is 19.6. The van der Waals surface area contributed by atoms with Crippen molar-refractivity contribution >= 4 is 10.9 Å². The maximum atomic E-state index is 9.37. The number of nitriles is 1. The summed E-state index contributed by atoms with van der Waals surface area (Å²) >= 11 is 0. The molecule has 0 fully saturated rings. The maximum Gasteiger partial charge on any atom is 0.228 e. The molecular weight excluding hydrogens is 274 g/mol. The van der Waals surface area contributed by atoms with Crippen molar-refractivity contribution < 1.29 is 4.42 Å². The SMILES string of the molecule is N#Cc1nc(-c2ccccc2)oc1-c1c[nH]c2ccccc12. The first-order chi connectivity index (χ1) is 10.9. The highest BCUT2D eigenvalue weighted by atomic mass is 16.4. The fourth-order valence-corrected chi connectivity index (χ4v) is 2.54. The van der Waals surface area contributed by atoms with Crippen LogP contribution in [-0.2, 0) is 0 Å². The van der Waals surface area contributed by atoms with Crippen LogP contribution in [0.3, 0.4) is 0 Å². The number of benzene rings is 2. The summed E-state index contributed by atoms with van der Waals surface area (Å²) in [6.07, 6.45) is 1.85. The van der Waals surface area contributed by atoms with E-state index in [1.165, 1.54) is 0 Å². The van der Waals surface area contributed by atoms with Crippen LogP contribution in [0.4, 0.5) is 0 Å². The highest BCUT2D eigenvalue weighted by Crippen LogP contribution is 2.33. The third-order valence-corrected chi connectivity index (χ3v) is 3.59. The van der Waals surface area contributed by atoms with Gasteiger partial charge in [0.05, 0.1) is 0 Å². The average Bonchev–Trinajstić information content (AvgIpc) is 3.19. The van der Waals surface area contributed by atoms with E-state index < -0.39 is 0 Å². The van der Waals surface area contributed by atoms with E-state index in [2.05, 4.69) is 16.0 Å². The molecule has 0 atom stereocenters.